The van der Waals surface area contributed by atoms with E-state index < -0.39 is 15.8 Å². The molecule has 0 bridgehead atoms. The third-order valence-corrected chi connectivity index (χ3v) is 5.28. The number of halogens is 2. The fraction of sp³-hybridized carbons (Fsp3) is 0.0526. The van der Waals surface area contributed by atoms with E-state index in [1.54, 1.807) is 12.1 Å². The fourth-order valence-electron chi connectivity index (χ4n) is 2.33. The second-order valence-electron chi connectivity index (χ2n) is 5.63. The van der Waals surface area contributed by atoms with Crippen LogP contribution in [0.4, 0.5) is 10.2 Å². The van der Waals surface area contributed by atoms with Crippen LogP contribution in [0.1, 0.15) is 5.56 Å². The second kappa shape index (κ2) is 8.34. The van der Waals surface area contributed by atoms with Crippen molar-refractivity contribution in [3.8, 4) is 23.3 Å². The summed E-state index contributed by atoms with van der Waals surface area (Å²) in [7, 11) is -2.60. The number of rotatable bonds is 6. The zero-order valence-corrected chi connectivity index (χ0v) is 16.5. The van der Waals surface area contributed by atoms with Crippen molar-refractivity contribution in [1.82, 2.24) is 4.98 Å². The lowest BCUT2D eigenvalue weighted by atomic mass is 10.2. The maximum Gasteiger partial charge on any atom is 0.263 e. The standard InChI is InChI=1S/C19H13ClFN3O4S/c1-27-17-5-2-13(20)9-18(17)28-16-6-4-15(8-12(16)10-22)29(25,26)24-19-7-3-14(21)11-23-19/h2-9,11H,1H3,(H,23,24). The Morgan fingerprint density at radius 2 is 1.86 bits per heavy atom. The molecular formula is C19H13ClFN3O4S. The molecular weight excluding hydrogens is 421 g/mol. The van der Waals surface area contributed by atoms with Gasteiger partial charge in [0.2, 0.25) is 0 Å². The number of hydrogen-bond donors (Lipinski definition) is 1. The number of ether oxygens (including phenoxy) is 2. The maximum atomic E-state index is 12.9. The monoisotopic (exact) mass is 433 g/mol. The van der Waals surface area contributed by atoms with Crippen LogP contribution in [0, 0.1) is 17.1 Å². The quantitative estimate of drug-likeness (QED) is 0.620. The normalized spacial score (nSPS) is 10.8. The summed E-state index contributed by atoms with van der Waals surface area (Å²) < 4.78 is 51.1. The molecule has 0 aliphatic carbocycles. The van der Waals surface area contributed by atoms with Crippen molar-refractivity contribution in [3.05, 3.63) is 71.1 Å². The summed E-state index contributed by atoms with van der Waals surface area (Å²) in [5.41, 5.74) is -0.0260. The van der Waals surface area contributed by atoms with Gasteiger partial charge in [0.05, 0.1) is 23.8 Å². The predicted octanol–water partition coefficient (Wildman–Crippen LogP) is 4.35. The van der Waals surface area contributed by atoms with E-state index in [4.69, 9.17) is 21.1 Å². The molecule has 3 rings (SSSR count). The lowest BCUT2D eigenvalue weighted by molar-refractivity contribution is 0.378. The summed E-state index contributed by atoms with van der Waals surface area (Å²) in [6, 6.07) is 12.6. The fourth-order valence-corrected chi connectivity index (χ4v) is 3.53. The molecule has 0 aliphatic rings. The minimum absolute atomic E-state index is 0.0260. The number of anilines is 1. The first-order chi connectivity index (χ1) is 13.8. The van der Waals surface area contributed by atoms with Crippen LogP contribution in [0.3, 0.4) is 0 Å². The zero-order valence-electron chi connectivity index (χ0n) is 14.9. The van der Waals surface area contributed by atoms with E-state index in [-0.39, 0.29) is 27.8 Å². The molecule has 0 aliphatic heterocycles. The van der Waals surface area contributed by atoms with Gasteiger partial charge in [0.1, 0.15) is 23.5 Å². The Kier molecular flexibility index (Phi) is 5.87. The highest BCUT2D eigenvalue weighted by molar-refractivity contribution is 7.92. The lowest BCUT2D eigenvalue weighted by Crippen LogP contribution is -2.14. The van der Waals surface area contributed by atoms with Crippen molar-refractivity contribution >= 4 is 27.4 Å². The van der Waals surface area contributed by atoms with Crippen LogP contribution in [-0.2, 0) is 10.0 Å². The Labute approximate surface area is 171 Å². The summed E-state index contributed by atoms with van der Waals surface area (Å²) >= 11 is 5.97. The average Bonchev–Trinajstić information content (AvgIpc) is 2.70. The van der Waals surface area contributed by atoms with E-state index in [0.717, 1.165) is 18.3 Å². The summed E-state index contributed by atoms with van der Waals surface area (Å²) in [6.07, 6.45) is 0.883. The first kappa shape index (κ1) is 20.4. The van der Waals surface area contributed by atoms with Gasteiger partial charge < -0.3 is 9.47 Å². The average molecular weight is 434 g/mol. The molecule has 0 saturated heterocycles. The van der Waals surface area contributed by atoms with E-state index in [2.05, 4.69) is 9.71 Å². The second-order valence-corrected chi connectivity index (χ2v) is 7.75. The number of aromatic nitrogens is 1. The van der Waals surface area contributed by atoms with Crippen molar-refractivity contribution < 1.29 is 22.3 Å². The molecule has 1 N–H and O–H groups in total. The third kappa shape index (κ3) is 4.74. The SMILES string of the molecule is COc1ccc(Cl)cc1Oc1ccc(S(=O)(=O)Nc2ccc(F)cn2)cc1C#N. The van der Waals surface area contributed by atoms with Crippen molar-refractivity contribution in [2.75, 3.05) is 11.8 Å². The van der Waals surface area contributed by atoms with Gasteiger partial charge in [0.15, 0.2) is 11.5 Å². The van der Waals surface area contributed by atoms with E-state index in [1.165, 1.54) is 31.4 Å². The molecule has 0 spiro atoms. The molecule has 0 fully saturated rings. The van der Waals surface area contributed by atoms with Crippen molar-refractivity contribution in [1.29, 1.82) is 5.26 Å². The Balaban J connectivity index is 1.92. The summed E-state index contributed by atoms with van der Waals surface area (Å²) in [5.74, 6) is 0.110. The number of pyridine rings is 1. The third-order valence-electron chi connectivity index (χ3n) is 3.69. The predicted molar refractivity (Wildman–Crippen MR) is 104 cm³/mol. The van der Waals surface area contributed by atoms with Crippen molar-refractivity contribution in [2.45, 2.75) is 4.90 Å². The maximum absolute atomic E-state index is 12.9. The molecule has 0 amide bonds. The van der Waals surface area contributed by atoms with E-state index in [0.29, 0.717) is 10.8 Å². The Bertz CT molecular complexity index is 1200. The van der Waals surface area contributed by atoms with Crippen molar-refractivity contribution in [3.63, 3.8) is 0 Å². The molecule has 2 aromatic carbocycles. The number of nitrogens with one attached hydrogen (secondary N) is 1. The number of benzene rings is 2. The van der Waals surface area contributed by atoms with Gasteiger partial charge in [-0.05, 0) is 42.5 Å². The minimum atomic E-state index is -4.06. The van der Waals surface area contributed by atoms with E-state index in [1.807, 2.05) is 6.07 Å². The molecule has 0 saturated carbocycles. The molecule has 0 atom stereocenters. The van der Waals surface area contributed by atoms with Crippen LogP contribution >= 0.6 is 11.6 Å². The van der Waals surface area contributed by atoms with Gasteiger partial charge >= 0.3 is 0 Å². The number of hydrogen-bond acceptors (Lipinski definition) is 6. The highest BCUT2D eigenvalue weighted by Gasteiger charge is 2.18. The van der Waals surface area contributed by atoms with Crippen molar-refractivity contribution in [2.24, 2.45) is 0 Å². The largest absolute Gasteiger partial charge is 0.493 e. The summed E-state index contributed by atoms with van der Waals surface area (Å²) in [6.45, 7) is 0. The Morgan fingerprint density at radius 1 is 1.10 bits per heavy atom. The van der Waals surface area contributed by atoms with Crippen LogP contribution in [0.5, 0.6) is 17.2 Å². The molecule has 3 aromatic rings. The first-order valence-corrected chi connectivity index (χ1v) is 9.88. The number of sulfonamides is 1. The molecule has 10 heteroatoms. The van der Waals surface area contributed by atoms with Gasteiger partial charge in [-0.2, -0.15) is 5.26 Å². The van der Waals surface area contributed by atoms with E-state index in [9.17, 15) is 18.1 Å². The molecule has 29 heavy (non-hydrogen) atoms. The number of nitriles is 1. The zero-order chi connectivity index (χ0) is 21.0. The van der Waals surface area contributed by atoms with Crippen LogP contribution in [-0.4, -0.2) is 20.5 Å². The molecule has 1 heterocycles. The minimum Gasteiger partial charge on any atom is -0.493 e. The number of methoxy groups -OCH3 is 1. The van der Waals surface area contributed by atoms with Crippen LogP contribution < -0.4 is 14.2 Å². The summed E-state index contributed by atoms with van der Waals surface area (Å²) in [5, 5.41) is 9.83. The lowest BCUT2D eigenvalue weighted by Gasteiger charge is -2.13. The highest BCUT2D eigenvalue weighted by atomic mass is 35.5. The van der Waals surface area contributed by atoms with Crippen LogP contribution in [0.25, 0.3) is 0 Å². The van der Waals surface area contributed by atoms with Crippen LogP contribution in [0.15, 0.2) is 59.6 Å². The molecule has 0 unspecified atom stereocenters. The smallest absolute Gasteiger partial charge is 0.263 e. The van der Waals surface area contributed by atoms with Gasteiger partial charge in [0, 0.05) is 11.1 Å². The van der Waals surface area contributed by atoms with Gasteiger partial charge in [-0.3, -0.25) is 4.72 Å². The van der Waals surface area contributed by atoms with E-state index >= 15 is 0 Å². The van der Waals surface area contributed by atoms with Gasteiger partial charge in [0.25, 0.3) is 10.0 Å². The van der Waals surface area contributed by atoms with Gasteiger partial charge in [-0.15, -0.1) is 0 Å². The molecule has 0 radical (unpaired) electrons. The van der Waals surface area contributed by atoms with Crippen LogP contribution in [0.2, 0.25) is 5.02 Å². The topological polar surface area (TPSA) is 101 Å². The Morgan fingerprint density at radius 3 is 2.52 bits per heavy atom. The first-order valence-electron chi connectivity index (χ1n) is 8.02. The molecule has 1 aromatic heterocycles. The highest BCUT2D eigenvalue weighted by Crippen LogP contribution is 2.35. The summed E-state index contributed by atoms with van der Waals surface area (Å²) in [4.78, 5) is 3.46. The van der Waals surface area contributed by atoms with Gasteiger partial charge in [-0.25, -0.2) is 17.8 Å². The number of nitrogens with zero attached hydrogens (tertiary/aromatic N) is 2. The Hall–Kier alpha value is -3.35. The molecule has 7 nitrogen and oxygen atoms in total. The van der Waals surface area contributed by atoms with Gasteiger partial charge in [-0.1, -0.05) is 11.6 Å². The molecule has 148 valence electrons.